The zero-order chi connectivity index (χ0) is 11.0. The third kappa shape index (κ3) is 1.61. The fourth-order valence-electron chi connectivity index (χ4n) is 2.37. The summed E-state index contributed by atoms with van der Waals surface area (Å²) in [6.07, 6.45) is 10.2. The predicted octanol–water partition coefficient (Wildman–Crippen LogP) is 1.95. The lowest BCUT2D eigenvalue weighted by Gasteiger charge is -2.40. The van der Waals surface area contributed by atoms with Crippen molar-refractivity contribution in [2.75, 3.05) is 20.1 Å². The quantitative estimate of drug-likeness (QED) is 0.663. The Morgan fingerprint density at radius 2 is 2.19 bits per heavy atom. The number of piperidine rings is 1. The molecule has 0 bridgehead atoms. The minimum atomic E-state index is -0.0686. The van der Waals surface area contributed by atoms with E-state index in [1.54, 1.807) is 6.20 Å². The topological polar surface area (TPSA) is 25.4 Å². The number of hydrogen-bond donors (Lipinski definition) is 0. The van der Waals surface area contributed by atoms with Crippen LogP contribution in [0.25, 0.3) is 6.08 Å². The van der Waals surface area contributed by atoms with Gasteiger partial charge in [-0.25, -0.2) is 0 Å². The second-order valence-electron chi connectivity index (χ2n) is 4.72. The van der Waals surface area contributed by atoms with E-state index >= 15 is 0 Å². The van der Waals surface area contributed by atoms with Gasteiger partial charge in [0, 0.05) is 43.9 Å². The number of rotatable bonds is 0. The lowest BCUT2D eigenvalue weighted by molar-refractivity contribution is 0.0472. The molecule has 0 atom stereocenters. The molecule has 0 radical (unpaired) electrons. The summed E-state index contributed by atoms with van der Waals surface area (Å²) in [5.74, 6) is 0.974. The lowest BCUT2D eigenvalue weighted by atomic mass is 9.88. The first kappa shape index (κ1) is 9.85. The van der Waals surface area contributed by atoms with Crippen LogP contribution in [-0.4, -0.2) is 35.6 Å². The van der Waals surface area contributed by atoms with E-state index in [9.17, 15) is 0 Å². The molecule has 3 rings (SSSR count). The van der Waals surface area contributed by atoms with Crippen LogP contribution in [0.15, 0.2) is 24.5 Å². The first-order chi connectivity index (χ1) is 7.77. The zero-order valence-corrected chi connectivity index (χ0v) is 9.52. The molecule has 1 spiro atoms. The molecule has 2 aliphatic rings. The Morgan fingerprint density at radius 3 is 3.00 bits per heavy atom. The highest BCUT2D eigenvalue weighted by atomic mass is 16.5. The Balaban J connectivity index is 1.87. The molecule has 0 amide bonds. The minimum Gasteiger partial charge on any atom is -0.482 e. The molecule has 0 N–H and O–H groups in total. The molecule has 0 unspecified atom stereocenters. The Labute approximate surface area is 95.7 Å². The zero-order valence-electron chi connectivity index (χ0n) is 9.52. The number of aromatic nitrogens is 1. The van der Waals surface area contributed by atoms with Crippen LogP contribution in [-0.2, 0) is 0 Å². The molecule has 0 saturated carbocycles. The Morgan fingerprint density at radius 1 is 1.38 bits per heavy atom. The van der Waals surface area contributed by atoms with Gasteiger partial charge in [-0.3, -0.25) is 4.98 Å². The number of fused-ring (bicyclic) bond motifs is 1. The fraction of sp³-hybridized carbons (Fsp3) is 0.462. The summed E-state index contributed by atoms with van der Waals surface area (Å²) in [7, 11) is 2.16. The van der Waals surface area contributed by atoms with E-state index in [0.29, 0.717) is 0 Å². The van der Waals surface area contributed by atoms with Crippen LogP contribution < -0.4 is 4.74 Å². The number of nitrogens with zero attached hydrogens (tertiary/aromatic N) is 2. The van der Waals surface area contributed by atoms with Gasteiger partial charge in [0.05, 0.1) is 0 Å². The third-order valence-electron chi connectivity index (χ3n) is 3.52. The lowest BCUT2D eigenvalue weighted by Crippen LogP contribution is -2.46. The normalized spacial score (nSPS) is 22.8. The second-order valence-corrected chi connectivity index (χ2v) is 4.72. The highest BCUT2D eigenvalue weighted by Crippen LogP contribution is 2.36. The Bertz CT molecular complexity index is 420. The molecule has 0 aliphatic carbocycles. The summed E-state index contributed by atoms with van der Waals surface area (Å²) in [6, 6.07) is 1.96. The molecule has 1 aromatic rings. The third-order valence-corrected chi connectivity index (χ3v) is 3.52. The molecule has 1 aromatic heterocycles. The van der Waals surface area contributed by atoms with Crippen molar-refractivity contribution >= 4 is 6.08 Å². The van der Waals surface area contributed by atoms with Gasteiger partial charge in [0.1, 0.15) is 11.4 Å². The van der Waals surface area contributed by atoms with Crippen molar-refractivity contribution in [3.05, 3.63) is 30.1 Å². The SMILES string of the molecule is CN1CCC2(C=Cc3cnccc3O2)CC1. The largest absolute Gasteiger partial charge is 0.482 e. The van der Waals surface area contributed by atoms with Crippen molar-refractivity contribution < 1.29 is 4.74 Å². The highest BCUT2D eigenvalue weighted by molar-refractivity contribution is 5.59. The van der Waals surface area contributed by atoms with Crippen LogP contribution in [0.5, 0.6) is 5.75 Å². The maximum atomic E-state index is 6.16. The minimum absolute atomic E-state index is 0.0686. The molecule has 0 aromatic carbocycles. The fourth-order valence-corrected chi connectivity index (χ4v) is 2.37. The predicted molar refractivity (Wildman–Crippen MR) is 63.4 cm³/mol. The molecular formula is C13H16N2O. The first-order valence-corrected chi connectivity index (χ1v) is 5.78. The van der Waals surface area contributed by atoms with Gasteiger partial charge in [0.15, 0.2) is 0 Å². The van der Waals surface area contributed by atoms with Crippen molar-refractivity contribution in [3.8, 4) is 5.75 Å². The molecule has 1 fully saturated rings. The molecule has 16 heavy (non-hydrogen) atoms. The van der Waals surface area contributed by atoms with Gasteiger partial charge in [-0.2, -0.15) is 0 Å². The van der Waals surface area contributed by atoms with Gasteiger partial charge >= 0.3 is 0 Å². The molecule has 3 heterocycles. The van der Waals surface area contributed by atoms with E-state index in [-0.39, 0.29) is 5.60 Å². The summed E-state index contributed by atoms with van der Waals surface area (Å²) in [6.45, 7) is 2.20. The summed E-state index contributed by atoms with van der Waals surface area (Å²) >= 11 is 0. The van der Waals surface area contributed by atoms with Gasteiger partial charge in [-0.15, -0.1) is 0 Å². The van der Waals surface area contributed by atoms with Crippen LogP contribution in [0.4, 0.5) is 0 Å². The molecule has 3 nitrogen and oxygen atoms in total. The van der Waals surface area contributed by atoms with E-state index in [0.717, 1.165) is 37.2 Å². The summed E-state index contributed by atoms with van der Waals surface area (Å²) < 4.78 is 6.16. The van der Waals surface area contributed by atoms with Crippen molar-refractivity contribution in [2.24, 2.45) is 0 Å². The van der Waals surface area contributed by atoms with E-state index in [1.165, 1.54) is 0 Å². The highest BCUT2D eigenvalue weighted by Gasteiger charge is 2.35. The average Bonchev–Trinajstić information content (AvgIpc) is 2.33. The summed E-state index contributed by atoms with van der Waals surface area (Å²) in [5, 5.41) is 0. The summed E-state index contributed by atoms with van der Waals surface area (Å²) in [4.78, 5) is 6.46. The molecule has 3 heteroatoms. The number of hydrogen-bond acceptors (Lipinski definition) is 3. The van der Waals surface area contributed by atoms with E-state index < -0.39 is 0 Å². The molecule has 84 valence electrons. The van der Waals surface area contributed by atoms with Crippen molar-refractivity contribution in [1.82, 2.24) is 9.88 Å². The number of likely N-dealkylation sites (tertiary alicyclic amines) is 1. The van der Waals surface area contributed by atoms with Crippen molar-refractivity contribution in [1.29, 1.82) is 0 Å². The number of pyridine rings is 1. The van der Waals surface area contributed by atoms with E-state index in [1.807, 2.05) is 12.3 Å². The molecular weight excluding hydrogens is 200 g/mol. The smallest absolute Gasteiger partial charge is 0.130 e. The van der Waals surface area contributed by atoms with Crippen LogP contribution in [0.3, 0.4) is 0 Å². The monoisotopic (exact) mass is 216 g/mol. The van der Waals surface area contributed by atoms with Gasteiger partial charge < -0.3 is 9.64 Å². The Hall–Kier alpha value is -1.35. The average molecular weight is 216 g/mol. The summed E-state index contributed by atoms with van der Waals surface area (Å²) in [5.41, 5.74) is 1.02. The second kappa shape index (κ2) is 3.59. The maximum Gasteiger partial charge on any atom is 0.130 e. The van der Waals surface area contributed by atoms with Gasteiger partial charge in [0.2, 0.25) is 0 Å². The first-order valence-electron chi connectivity index (χ1n) is 5.78. The number of ether oxygens (including phenoxy) is 1. The van der Waals surface area contributed by atoms with Gasteiger partial charge in [0.25, 0.3) is 0 Å². The van der Waals surface area contributed by atoms with E-state index in [2.05, 4.69) is 29.1 Å². The van der Waals surface area contributed by atoms with Crippen molar-refractivity contribution in [2.45, 2.75) is 18.4 Å². The Kier molecular flexibility index (Phi) is 2.21. The van der Waals surface area contributed by atoms with Gasteiger partial charge in [-0.1, -0.05) is 0 Å². The van der Waals surface area contributed by atoms with Crippen LogP contribution in [0, 0.1) is 0 Å². The van der Waals surface area contributed by atoms with Crippen molar-refractivity contribution in [3.63, 3.8) is 0 Å². The van der Waals surface area contributed by atoms with Crippen LogP contribution in [0.1, 0.15) is 18.4 Å². The standard InChI is InChI=1S/C13H16N2O/c1-15-8-5-13(6-9-15)4-2-11-10-14-7-3-12(11)16-13/h2-4,7,10H,5-6,8-9H2,1H3. The molecule has 2 aliphatic heterocycles. The molecule has 1 saturated heterocycles. The van der Waals surface area contributed by atoms with Crippen LogP contribution >= 0.6 is 0 Å². The maximum absolute atomic E-state index is 6.16. The van der Waals surface area contributed by atoms with Gasteiger partial charge in [-0.05, 0) is 25.3 Å². The van der Waals surface area contributed by atoms with Crippen LogP contribution in [0.2, 0.25) is 0 Å². The van der Waals surface area contributed by atoms with E-state index in [4.69, 9.17) is 4.74 Å².